The lowest BCUT2D eigenvalue weighted by atomic mass is 9.91. The number of hydrogen-bond acceptors (Lipinski definition) is 5. The van der Waals surface area contributed by atoms with Crippen LogP contribution >= 0.6 is 0 Å². The number of ketones is 1. The predicted octanol–water partition coefficient (Wildman–Crippen LogP) is 3.12. The normalized spacial score (nSPS) is 20.7. The van der Waals surface area contributed by atoms with Crippen molar-refractivity contribution >= 4 is 35.2 Å². The lowest BCUT2D eigenvalue weighted by molar-refractivity contribution is -0.141. The van der Waals surface area contributed by atoms with Crippen LogP contribution in [0.5, 0.6) is 0 Å². The Morgan fingerprint density at radius 2 is 1.87 bits per heavy atom. The highest BCUT2D eigenvalue weighted by atomic mass is 16.2. The van der Waals surface area contributed by atoms with Crippen LogP contribution in [0.1, 0.15) is 56.2 Å². The summed E-state index contributed by atoms with van der Waals surface area (Å²) in [5.74, 6) is -0.882. The van der Waals surface area contributed by atoms with E-state index < -0.39 is 23.4 Å². The lowest BCUT2D eigenvalue weighted by Crippen LogP contribution is -2.47. The summed E-state index contributed by atoms with van der Waals surface area (Å²) in [6.45, 7) is 3.49. The second-order valence-electron chi connectivity index (χ2n) is 10.6. The lowest BCUT2D eigenvalue weighted by Gasteiger charge is -2.31. The molecule has 2 N–H and O–H groups in total. The van der Waals surface area contributed by atoms with Gasteiger partial charge in [-0.2, -0.15) is 0 Å². The molecule has 9 nitrogen and oxygen atoms in total. The molecule has 3 aliphatic rings. The Kier molecular flexibility index (Phi) is 6.77. The fraction of sp³-hybridized carbons (Fsp3) is 0.414. The number of imide groups is 1. The largest absolute Gasteiger partial charge is 0.334 e. The number of fused-ring (bicyclic) bond motifs is 2. The molecule has 38 heavy (non-hydrogen) atoms. The van der Waals surface area contributed by atoms with E-state index in [0.29, 0.717) is 36.6 Å². The Morgan fingerprint density at radius 3 is 2.55 bits per heavy atom. The van der Waals surface area contributed by atoms with Crippen LogP contribution in [0.4, 0.5) is 10.5 Å². The van der Waals surface area contributed by atoms with Crippen molar-refractivity contribution in [3.8, 4) is 0 Å². The van der Waals surface area contributed by atoms with Gasteiger partial charge in [0.05, 0.1) is 6.42 Å². The third-order valence-electron chi connectivity index (χ3n) is 7.81. The Morgan fingerprint density at radius 1 is 1.13 bits per heavy atom. The molecule has 198 valence electrons. The van der Waals surface area contributed by atoms with E-state index >= 15 is 0 Å². The smallest absolute Gasteiger partial charge is 0.325 e. The maximum absolute atomic E-state index is 13.7. The minimum Gasteiger partial charge on any atom is -0.334 e. The molecule has 9 heteroatoms. The average molecular weight is 517 g/mol. The number of benzene rings is 2. The standard InChI is InChI=1S/C29H32N4O5/c1-18(34)14-25(35)30-23-10-11-24-22(15-23)12-13-29(24)27(37)33(28(38)31-29)17-26(36)32(19(2)21-8-9-21)16-20-6-4-3-5-7-20/h3-7,10-11,15,19,21H,8-9,12-14,16-17H2,1-2H3,(H,30,35)(H,31,38). The number of hydrogen-bond donors (Lipinski definition) is 2. The molecule has 2 fully saturated rings. The Bertz CT molecular complexity index is 1310. The number of amides is 5. The number of carbonyl (C=O) groups excluding carboxylic acids is 5. The van der Waals surface area contributed by atoms with Crippen LogP contribution in [0.3, 0.4) is 0 Å². The molecule has 0 bridgehead atoms. The summed E-state index contributed by atoms with van der Waals surface area (Å²) in [6.07, 6.45) is 2.83. The van der Waals surface area contributed by atoms with Gasteiger partial charge in [-0.15, -0.1) is 0 Å². The second kappa shape index (κ2) is 10.0. The van der Waals surface area contributed by atoms with Crippen molar-refractivity contribution in [2.24, 2.45) is 5.92 Å². The molecule has 1 saturated heterocycles. The van der Waals surface area contributed by atoms with Crippen molar-refractivity contribution in [2.45, 2.75) is 64.1 Å². The van der Waals surface area contributed by atoms with Gasteiger partial charge in [0, 0.05) is 18.3 Å². The number of nitrogens with zero attached hydrogens (tertiary/aromatic N) is 2. The van der Waals surface area contributed by atoms with Crippen LogP contribution in [0.25, 0.3) is 0 Å². The van der Waals surface area contributed by atoms with Crippen LogP contribution in [0.2, 0.25) is 0 Å². The molecule has 1 saturated carbocycles. The molecule has 2 aromatic carbocycles. The van der Waals surface area contributed by atoms with E-state index in [1.807, 2.05) is 37.3 Å². The monoisotopic (exact) mass is 516 g/mol. The molecule has 2 aliphatic carbocycles. The Balaban J connectivity index is 1.32. The first-order valence-electron chi connectivity index (χ1n) is 13.1. The third-order valence-corrected chi connectivity index (χ3v) is 7.81. The summed E-state index contributed by atoms with van der Waals surface area (Å²) in [7, 11) is 0. The molecule has 5 amide bonds. The maximum atomic E-state index is 13.7. The highest BCUT2D eigenvalue weighted by Crippen LogP contribution is 2.42. The van der Waals surface area contributed by atoms with E-state index in [1.54, 1.807) is 23.1 Å². The summed E-state index contributed by atoms with van der Waals surface area (Å²) in [6, 6.07) is 14.3. The first kappa shape index (κ1) is 25.6. The molecule has 2 atom stereocenters. The number of urea groups is 1. The number of aryl methyl sites for hydroxylation is 1. The van der Waals surface area contributed by atoms with Crippen molar-refractivity contribution < 1.29 is 24.0 Å². The maximum Gasteiger partial charge on any atom is 0.325 e. The van der Waals surface area contributed by atoms with Gasteiger partial charge in [0.2, 0.25) is 11.8 Å². The van der Waals surface area contributed by atoms with Crippen molar-refractivity contribution in [1.29, 1.82) is 0 Å². The Labute approximate surface area is 221 Å². The van der Waals surface area contributed by atoms with Crippen LogP contribution in [-0.2, 0) is 37.7 Å². The van der Waals surface area contributed by atoms with Gasteiger partial charge in [0.15, 0.2) is 0 Å². The van der Waals surface area contributed by atoms with E-state index in [0.717, 1.165) is 28.9 Å². The predicted molar refractivity (Wildman–Crippen MR) is 140 cm³/mol. The van der Waals surface area contributed by atoms with Crippen LogP contribution < -0.4 is 10.6 Å². The van der Waals surface area contributed by atoms with Gasteiger partial charge in [-0.25, -0.2) is 4.79 Å². The van der Waals surface area contributed by atoms with E-state index in [1.165, 1.54) is 6.92 Å². The second-order valence-corrected chi connectivity index (χ2v) is 10.6. The first-order chi connectivity index (χ1) is 18.2. The highest BCUT2D eigenvalue weighted by molar-refractivity contribution is 6.10. The number of anilines is 1. The van der Waals surface area contributed by atoms with Gasteiger partial charge in [-0.3, -0.25) is 24.1 Å². The molecule has 1 spiro atoms. The van der Waals surface area contributed by atoms with Crippen molar-refractivity contribution in [3.63, 3.8) is 0 Å². The summed E-state index contributed by atoms with van der Waals surface area (Å²) >= 11 is 0. The summed E-state index contributed by atoms with van der Waals surface area (Å²) in [5.41, 5.74) is 1.81. The number of nitrogens with one attached hydrogen (secondary N) is 2. The van der Waals surface area contributed by atoms with E-state index in [2.05, 4.69) is 10.6 Å². The molecule has 2 unspecified atom stereocenters. The van der Waals surface area contributed by atoms with Gasteiger partial charge in [0.1, 0.15) is 17.9 Å². The highest BCUT2D eigenvalue weighted by Gasteiger charge is 2.56. The zero-order valence-corrected chi connectivity index (χ0v) is 21.7. The van der Waals surface area contributed by atoms with E-state index in [-0.39, 0.29) is 30.7 Å². The molecule has 2 aromatic rings. The van der Waals surface area contributed by atoms with Crippen molar-refractivity contribution in [2.75, 3.05) is 11.9 Å². The minimum absolute atomic E-state index is 0.0151. The van der Waals surface area contributed by atoms with E-state index in [4.69, 9.17) is 0 Å². The van der Waals surface area contributed by atoms with E-state index in [9.17, 15) is 24.0 Å². The van der Waals surface area contributed by atoms with Crippen LogP contribution in [0, 0.1) is 5.92 Å². The van der Waals surface area contributed by atoms with Gasteiger partial charge >= 0.3 is 6.03 Å². The zero-order valence-electron chi connectivity index (χ0n) is 21.7. The Hall–Kier alpha value is -4.01. The first-order valence-corrected chi connectivity index (χ1v) is 13.1. The number of Topliss-reactive ketones (excluding diaryl/α,β-unsaturated/α-hetero) is 1. The molecule has 1 heterocycles. The average Bonchev–Trinajstić information content (AvgIpc) is 3.63. The molecular formula is C29H32N4O5. The van der Waals surface area contributed by atoms with Gasteiger partial charge in [-0.1, -0.05) is 36.4 Å². The molecule has 0 radical (unpaired) electrons. The van der Waals surface area contributed by atoms with Gasteiger partial charge < -0.3 is 15.5 Å². The topological polar surface area (TPSA) is 116 Å². The minimum atomic E-state index is -1.22. The fourth-order valence-corrected chi connectivity index (χ4v) is 5.60. The number of carbonyl (C=O) groups is 5. The van der Waals surface area contributed by atoms with Gasteiger partial charge in [-0.05, 0) is 74.3 Å². The van der Waals surface area contributed by atoms with Gasteiger partial charge in [0.25, 0.3) is 5.91 Å². The zero-order chi connectivity index (χ0) is 27.0. The SMILES string of the molecule is CC(=O)CC(=O)Nc1ccc2c(c1)CCC21NC(=O)N(CC(=O)N(Cc2ccccc2)C(C)C2CC2)C1=O. The molecular weight excluding hydrogens is 484 g/mol. The molecule has 0 aromatic heterocycles. The molecule has 5 rings (SSSR count). The van der Waals surface area contributed by atoms with Crippen molar-refractivity contribution in [3.05, 3.63) is 65.2 Å². The summed E-state index contributed by atoms with van der Waals surface area (Å²) in [4.78, 5) is 66.3. The van der Waals surface area contributed by atoms with Crippen LogP contribution in [-0.4, -0.2) is 51.9 Å². The van der Waals surface area contributed by atoms with Crippen LogP contribution in [0.15, 0.2) is 48.5 Å². The fourth-order valence-electron chi connectivity index (χ4n) is 5.60. The third kappa shape index (κ3) is 4.92. The summed E-state index contributed by atoms with van der Waals surface area (Å²) < 4.78 is 0. The van der Waals surface area contributed by atoms with Crippen molar-refractivity contribution in [1.82, 2.24) is 15.1 Å². The summed E-state index contributed by atoms with van der Waals surface area (Å²) in [5, 5.41) is 5.57. The quantitative estimate of drug-likeness (QED) is 0.393. The number of rotatable bonds is 9. The molecule has 1 aliphatic heterocycles.